The van der Waals surface area contributed by atoms with Crippen LogP contribution in [0.3, 0.4) is 0 Å². The minimum absolute atomic E-state index is 0.0440. The van der Waals surface area contributed by atoms with Gasteiger partial charge >= 0.3 is 5.97 Å². The third kappa shape index (κ3) is 3.64. The highest BCUT2D eigenvalue weighted by atomic mass is 35.5. The average molecular weight is 389 g/mol. The second-order valence-corrected chi connectivity index (χ2v) is 8.30. The molecule has 1 unspecified atom stereocenters. The van der Waals surface area contributed by atoms with E-state index in [1.54, 1.807) is 0 Å². The molecule has 138 valence electrons. The molecule has 1 aliphatic heterocycles. The van der Waals surface area contributed by atoms with Gasteiger partial charge in [0.05, 0.1) is 27.4 Å². The number of anilines is 1. The zero-order valence-corrected chi connectivity index (χ0v) is 16.0. The molecule has 0 saturated carbocycles. The summed E-state index contributed by atoms with van der Waals surface area (Å²) in [6.07, 6.45) is 1.43. The van der Waals surface area contributed by atoms with Crippen LogP contribution in [0.2, 0.25) is 5.02 Å². The van der Waals surface area contributed by atoms with Crippen molar-refractivity contribution in [1.82, 2.24) is 0 Å². The zero-order valence-electron chi connectivity index (χ0n) is 14.4. The van der Waals surface area contributed by atoms with Crippen molar-refractivity contribution in [2.24, 2.45) is 0 Å². The van der Waals surface area contributed by atoms with Gasteiger partial charge in [-0.1, -0.05) is 25.4 Å². The SMILES string of the molecule is CCC1(CC)CN(c2cc(Cl)c(C(=O)OC)cc2[N+](=O)[O-])CCS1=O. The van der Waals surface area contributed by atoms with Crippen LogP contribution in [0.4, 0.5) is 11.4 Å². The predicted octanol–water partition coefficient (Wildman–Crippen LogP) is 3.16. The molecule has 2 rings (SSSR count). The van der Waals surface area contributed by atoms with E-state index < -0.39 is 26.4 Å². The summed E-state index contributed by atoms with van der Waals surface area (Å²) in [6.45, 7) is 4.84. The Bertz CT molecular complexity index is 721. The number of methoxy groups -OCH3 is 1. The number of nitro groups is 1. The van der Waals surface area contributed by atoms with E-state index in [2.05, 4.69) is 4.74 Å². The first-order valence-electron chi connectivity index (χ1n) is 7.99. The highest BCUT2D eigenvalue weighted by molar-refractivity contribution is 7.86. The molecule has 0 amide bonds. The molecule has 25 heavy (non-hydrogen) atoms. The van der Waals surface area contributed by atoms with Gasteiger partial charge < -0.3 is 9.64 Å². The maximum atomic E-state index is 12.5. The van der Waals surface area contributed by atoms with E-state index in [-0.39, 0.29) is 16.3 Å². The Balaban J connectivity index is 2.51. The summed E-state index contributed by atoms with van der Waals surface area (Å²) in [4.78, 5) is 24.6. The summed E-state index contributed by atoms with van der Waals surface area (Å²) in [5.41, 5.74) is 0.0849. The fraction of sp³-hybridized carbons (Fsp3) is 0.562. The molecule has 1 aromatic rings. The Kier molecular flexibility index (Phi) is 6.05. The number of esters is 1. The fourth-order valence-electron chi connectivity index (χ4n) is 3.13. The number of nitro benzene ring substituents is 1. The zero-order chi connectivity index (χ0) is 18.8. The van der Waals surface area contributed by atoms with Gasteiger partial charge in [0, 0.05) is 35.7 Å². The molecule has 1 fully saturated rings. The van der Waals surface area contributed by atoms with E-state index in [1.165, 1.54) is 13.2 Å². The molecule has 0 aromatic heterocycles. The highest BCUT2D eigenvalue weighted by Gasteiger charge is 2.40. The number of hydrogen-bond acceptors (Lipinski definition) is 6. The topological polar surface area (TPSA) is 89.8 Å². The number of halogens is 1. The van der Waals surface area contributed by atoms with E-state index in [0.717, 1.165) is 6.07 Å². The summed E-state index contributed by atoms with van der Waals surface area (Å²) in [5, 5.41) is 11.6. The molecule has 0 radical (unpaired) electrons. The summed E-state index contributed by atoms with van der Waals surface area (Å²) >= 11 is 6.16. The van der Waals surface area contributed by atoms with Crippen molar-refractivity contribution in [2.75, 3.05) is 30.9 Å². The lowest BCUT2D eigenvalue weighted by Crippen LogP contribution is -2.53. The Hall–Kier alpha value is -1.67. The Labute approximate surface area is 153 Å². The van der Waals surface area contributed by atoms with Gasteiger partial charge in [0.25, 0.3) is 5.69 Å². The first kappa shape index (κ1) is 19.7. The van der Waals surface area contributed by atoms with Gasteiger partial charge in [-0.15, -0.1) is 0 Å². The monoisotopic (exact) mass is 388 g/mol. The molecule has 1 aliphatic rings. The van der Waals surface area contributed by atoms with E-state index in [0.29, 0.717) is 37.4 Å². The maximum Gasteiger partial charge on any atom is 0.339 e. The van der Waals surface area contributed by atoms with Crippen LogP contribution < -0.4 is 4.90 Å². The molecular formula is C16H21ClN2O5S. The van der Waals surface area contributed by atoms with Crippen LogP contribution in [0.1, 0.15) is 37.0 Å². The maximum absolute atomic E-state index is 12.5. The summed E-state index contributed by atoms with van der Waals surface area (Å²) in [7, 11) is 0.204. The highest BCUT2D eigenvalue weighted by Crippen LogP contribution is 2.38. The van der Waals surface area contributed by atoms with E-state index >= 15 is 0 Å². The second-order valence-electron chi connectivity index (χ2n) is 5.93. The predicted molar refractivity (Wildman–Crippen MR) is 98.0 cm³/mol. The standard InChI is InChI=1S/C16H21ClN2O5S/c1-4-16(5-2)10-18(6-7-25(16)23)13-9-12(17)11(15(20)24-3)8-14(13)19(21)22/h8-9H,4-7,10H2,1-3H3. The molecule has 7 nitrogen and oxygen atoms in total. The quantitative estimate of drug-likeness (QED) is 0.437. The van der Waals surface area contributed by atoms with Crippen LogP contribution >= 0.6 is 11.6 Å². The largest absolute Gasteiger partial charge is 0.465 e. The molecule has 0 N–H and O–H groups in total. The average Bonchev–Trinajstić information content (AvgIpc) is 2.61. The lowest BCUT2D eigenvalue weighted by molar-refractivity contribution is -0.384. The van der Waals surface area contributed by atoms with Crippen LogP contribution in [0.5, 0.6) is 0 Å². The smallest absolute Gasteiger partial charge is 0.339 e. The lowest BCUT2D eigenvalue weighted by atomic mass is 10.0. The number of nitrogens with zero attached hydrogens (tertiary/aromatic N) is 2. The minimum Gasteiger partial charge on any atom is -0.465 e. The number of benzene rings is 1. The van der Waals surface area contributed by atoms with Crippen molar-refractivity contribution in [2.45, 2.75) is 31.4 Å². The summed E-state index contributed by atoms with van der Waals surface area (Å²) < 4.78 is 16.7. The third-order valence-corrected chi connectivity index (χ3v) is 7.34. The Morgan fingerprint density at radius 2 is 2.08 bits per heavy atom. The Morgan fingerprint density at radius 1 is 1.44 bits per heavy atom. The van der Waals surface area contributed by atoms with Gasteiger partial charge in [-0.3, -0.25) is 14.3 Å². The lowest BCUT2D eigenvalue weighted by Gasteiger charge is -2.42. The summed E-state index contributed by atoms with van der Waals surface area (Å²) in [5.74, 6) is -0.286. The first-order chi connectivity index (χ1) is 11.8. The van der Waals surface area contributed by atoms with E-state index in [4.69, 9.17) is 11.6 Å². The van der Waals surface area contributed by atoms with Crippen molar-refractivity contribution in [1.29, 1.82) is 0 Å². The number of carbonyl (C=O) groups is 1. The molecule has 1 atom stereocenters. The van der Waals surface area contributed by atoms with Gasteiger partial charge in [0.1, 0.15) is 5.69 Å². The molecule has 1 aromatic carbocycles. The molecule has 9 heteroatoms. The van der Waals surface area contributed by atoms with Crippen molar-refractivity contribution in [3.05, 3.63) is 32.8 Å². The van der Waals surface area contributed by atoms with Gasteiger partial charge in [-0.25, -0.2) is 4.79 Å². The molecule has 0 aliphatic carbocycles. The first-order valence-corrected chi connectivity index (χ1v) is 9.69. The number of carbonyl (C=O) groups excluding carboxylic acids is 1. The summed E-state index contributed by atoms with van der Waals surface area (Å²) in [6, 6.07) is 2.57. The van der Waals surface area contributed by atoms with Gasteiger partial charge in [-0.05, 0) is 18.9 Å². The normalized spacial score (nSPS) is 19.5. The minimum atomic E-state index is -0.986. The van der Waals surface area contributed by atoms with E-state index in [9.17, 15) is 19.1 Å². The van der Waals surface area contributed by atoms with Crippen LogP contribution in [0.15, 0.2) is 12.1 Å². The van der Waals surface area contributed by atoms with Gasteiger partial charge in [0.2, 0.25) is 0 Å². The van der Waals surface area contributed by atoms with Crippen LogP contribution in [0.25, 0.3) is 0 Å². The number of ether oxygens (including phenoxy) is 1. The van der Waals surface area contributed by atoms with Crippen molar-refractivity contribution in [3.8, 4) is 0 Å². The van der Waals surface area contributed by atoms with Crippen molar-refractivity contribution < 1.29 is 18.7 Å². The van der Waals surface area contributed by atoms with Gasteiger partial charge in [0.15, 0.2) is 0 Å². The molecule has 0 bridgehead atoms. The van der Waals surface area contributed by atoms with Crippen molar-refractivity contribution in [3.63, 3.8) is 0 Å². The molecule has 0 spiro atoms. The second kappa shape index (κ2) is 7.70. The molecule has 1 saturated heterocycles. The molecule has 1 heterocycles. The van der Waals surface area contributed by atoms with Crippen LogP contribution in [-0.2, 0) is 15.5 Å². The third-order valence-electron chi connectivity index (χ3n) is 4.80. The van der Waals surface area contributed by atoms with Crippen molar-refractivity contribution >= 4 is 39.7 Å². The number of hydrogen-bond donors (Lipinski definition) is 0. The molecular weight excluding hydrogens is 368 g/mol. The van der Waals surface area contributed by atoms with Gasteiger partial charge in [-0.2, -0.15) is 0 Å². The Morgan fingerprint density at radius 3 is 2.60 bits per heavy atom. The van der Waals surface area contributed by atoms with E-state index in [1.807, 2.05) is 18.7 Å². The fourth-order valence-corrected chi connectivity index (χ4v) is 5.12. The van der Waals surface area contributed by atoms with Crippen LogP contribution in [-0.4, -0.2) is 45.8 Å². The number of rotatable bonds is 5. The van der Waals surface area contributed by atoms with Crippen LogP contribution in [0, 0.1) is 10.1 Å².